The molecule has 4 nitrogen and oxygen atoms in total. The van der Waals surface area contributed by atoms with E-state index in [-0.39, 0.29) is 18.6 Å². The van der Waals surface area contributed by atoms with Gasteiger partial charge in [-0.3, -0.25) is 4.68 Å². The van der Waals surface area contributed by atoms with Gasteiger partial charge in [0.15, 0.2) is 0 Å². The number of nitrogens with zero attached hydrogens (tertiary/aromatic N) is 2. The van der Waals surface area contributed by atoms with Crippen molar-refractivity contribution in [3.05, 3.63) is 18.0 Å². The molecule has 17 heavy (non-hydrogen) atoms. The first-order chi connectivity index (χ1) is 8.03. The molecule has 1 aromatic heterocycles. The van der Waals surface area contributed by atoms with Gasteiger partial charge in [0.25, 0.3) is 0 Å². The fourth-order valence-corrected chi connectivity index (χ4v) is 2.35. The zero-order valence-electron chi connectivity index (χ0n) is 11.1. The zero-order valence-corrected chi connectivity index (χ0v) is 11.1. The fourth-order valence-electron chi connectivity index (χ4n) is 2.35. The van der Waals surface area contributed by atoms with E-state index in [9.17, 15) is 10.2 Å². The topological polar surface area (TPSA) is 58.3 Å². The lowest BCUT2D eigenvalue weighted by Crippen LogP contribution is -2.32. The third-order valence-corrected chi connectivity index (χ3v) is 3.35. The maximum Gasteiger partial charge on any atom is 0.0509 e. The van der Waals surface area contributed by atoms with Crippen molar-refractivity contribution in [3.63, 3.8) is 0 Å². The molecular weight excluding hydrogens is 216 g/mol. The second-order valence-electron chi connectivity index (χ2n) is 5.36. The predicted octanol–water partition coefficient (Wildman–Crippen LogP) is 1.37. The number of aliphatic hydroxyl groups is 2. The molecule has 0 aliphatic rings. The molecule has 4 heteroatoms. The summed E-state index contributed by atoms with van der Waals surface area (Å²) >= 11 is 0. The summed E-state index contributed by atoms with van der Waals surface area (Å²) in [4.78, 5) is 0. The van der Waals surface area contributed by atoms with Crippen molar-refractivity contribution in [2.24, 2.45) is 18.4 Å². The van der Waals surface area contributed by atoms with Gasteiger partial charge in [-0.15, -0.1) is 0 Å². The van der Waals surface area contributed by atoms with Gasteiger partial charge in [0.2, 0.25) is 0 Å². The third-order valence-electron chi connectivity index (χ3n) is 3.35. The van der Waals surface area contributed by atoms with Crippen LogP contribution in [-0.4, -0.2) is 33.2 Å². The summed E-state index contributed by atoms with van der Waals surface area (Å²) in [7, 11) is 1.91. The molecule has 2 N–H and O–H groups in total. The van der Waals surface area contributed by atoms with E-state index in [1.165, 1.54) is 0 Å². The van der Waals surface area contributed by atoms with Crippen molar-refractivity contribution in [2.75, 3.05) is 13.2 Å². The molecule has 0 bridgehead atoms. The third kappa shape index (κ3) is 3.82. The Bertz CT molecular complexity index is 330. The number of hydrogen-bond donors (Lipinski definition) is 2. The molecule has 0 spiro atoms. The van der Waals surface area contributed by atoms with Crippen LogP contribution in [0.15, 0.2) is 12.3 Å². The Labute approximate surface area is 103 Å². The molecule has 0 aliphatic carbocycles. The van der Waals surface area contributed by atoms with Crippen molar-refractivity contribution < 1.29 is 10.2 Å². The molecule has 0 atom stereocenters. The summed E-state index contributed by atoms with van der Waals surface area (Å²) < 4.78 is 1.84. The molecule has 0 saturated carbocycles. The average Bonchev–Trinajstić information content (AvgIpc) is 2.70. The summed E-state index contributed by atoms with van der Waals surface area (Å²) in [6.07, 6.45) is 4.25. The van der Waals surface area contributed by atoms with Gasteiger partial charge in [0.05, 0.1) is 13.2 Å². The van der Waals surface area contributed by atoms with Gasteiger partial charge in [-0.05, 0) is 31.2 Å². The van der Waals surface area contributed by atoms with Gasteiger partial charge in [-0.25, -0.2) is 0 Å². The molecule has 1 rings (SSSR count). The molecular formula is C13H24N2O2. The summed E-state index contributed by atoms with van der Waals surface area (Å²) in [6.45, 7) is 4.31. The molecule has 0 aliphatic heterocycles. The van der Waals surface area contributed by atoms with Crippen LogP contribution in [0.1, 0.15) is 32.4 Å². The number of rotatable bonds is 7. The minimum absolute atomic E-state index is 0.0412. The summed E-state index contributed by atoms with van der Waals surface area (Å²) in [5, 5.41) is 23.2. The van der Waals surface area contributed by atoms with Crippen LogP contribution in [0.5, 0.6) is 0 Å². The van der Waals surface area contributed by atoms with Crippen molar-refractivity contribution in [2.45, 2.75) is 33.1 Å². The van der Waals surface area contributed by atoms with Crippen LogP contribution >= 0.6 is 0 Å². The van der Waals surface area contributed by atoms with E-state index in [1.54, 1.807) is 6.20 Å². The summed E-state index contributed by atoms with van der Waals surface area (Å²) in [5.41, 5.74) is 0.776. The highest BCUT2D eigenvalue weighted by Crippen LogP contribution is 2.31. The lowest BCUT2D eigenvalue weighted by molar-refractivity contribution is 0.0295. The van der Waals surface area contributed by atoms with Gasteiger partial charge in [-0.1, -0.05) is 13.8 Å². The molecule has 0 aromatic carbocycles. The van der Waals surface area contributed by atoms with E-state index in [2.05, 4.69) is 18.9 Å². The van der Waals surface area contributed by atoms with E-state index in [1.807, 2.05) is 17.8 Å². The smallest absolute Gasteiger partial charge is 0.0509 e. The SMILES string of the molecule is CC(C)CC(CO)(CO)CCc1ccnn1C. The van der Waals surface area contributed by atoms with Crippen molar-refractivity contribution in [1.29, 1.82) is 0 Å². The minimum Gasteiger partial charge on any atom is -0.396 e. The van der Waals surface area contributed by atoms with E-state index >= 15 is 0 Å². The molecule has 1 aromatic rings. The van der Waals surface area contributed by atoms with Crippen LogP contribution in [0.2, 0.25) is 0 Å². The predicted molar refractivity (Wildman–Crippen MR) is 67.6 cm³/mol. The van der Waals surface area contributed by atoms with Gasteiger partial charge >= 0.3 is 0 Å². The molecule has 0 fully saturated rings. The highest BCUT2D eigenvalue weighted by Gasteiger charge is 2.29. The number of aromatic nitrogens is 2. The molecule has 0 amide bonds. The highest BCUT2D eigenvalue weighted by atomic mass is 16.3. The molecule has 0 radical (unpaired) electrons. The number of hydrogen-bond acceptors (Lipinski definition) is 3. The molecule has 98 valence electrons. The Hall–Kier alpha value is -0.870. The van der Waals surface area contributed by atoms with Crippen LogP contribution in [0.25, 0.3) is 0 Å². The van der Waals surface area contributed by atoms with Crippen LogP contribution in [0, 0.1) is 11.3 Å². The fraction of sp³-hybridized carbons (Fsp3) is 0.769. The monoisotopic (exact) mass is 240 g/mol. The van der Waals surface area contributed by atoms with Crippen LogP contribution in [-0.2, 0) is 13.5 Å². The van der Waals surface area contributed by atoms with Gasteiger partial charge in [0, 0.05) is 24.4 Å². The first-order valence-electron chi connectivity index (χ1n) is 6.21. The first-order valence-corrected chi connectivity index (χ1v) is 6.21. The van der Waals surface area contributed by atoms with E-state index in [4.69, 9.17) is 0 Å². The lowest BCUT2D eigenvalue weighted by atomic mass is 9.77. The first kappa shape index (κ1) is 14.2. The standard InChI is InChI=1S/C13H24N2O2/c1-11(2)8-13(9-16,10-17)6-4-12-5-7-14-15(12)3/h5,7,11,16-17H,4,6,8-10H2,1-3H3. The lowest BCUT2D eigenvalue weighted by Gasteiger charge is -2.31. The Morgan fingerprint density at radius 3 is 2.41 bits per heavy atom. The van der Waals surface area contributed by atoms with Gasteiger partial charge < -0.3 is 10.2 Å². The summed E-state index contributed by atoms with van der Waals surface area (Å²) in [6, 6.07) is 1.98. The minimum atomic E-state index is -0.363. The maximum absolute atomic E-state index is 9.54. The Balaban J connectivity index is 2.64. The van der Waals surface area contributed by atoms with Crippen molar-refractivity contribution in [3.8, 4) is 0 Å². The second-order valence-corrected chi connectivity index (χ2v) is 5.36. The quantitative estimate of drug-likeness (QED) is 0.757. The van der Waals surface area contributed by atoms with Gasteiger partial charge in [-0.2, -0.15) is 5.10 Å². The van der Waals surface area contributed by atoms with E-state index in [0.29, 0.717) is 5.92 Å². The molecule has 0 saturated heterocycles. The van der Waals surface area contributed by atoms with Crippen LogP contribution in [0.4, 0.5) is 0 Å². The van der Waals surface area contributed by atoms with Crippen LogP contribution in [0.3, 0.4) is 0 Å². The number of aliphatic hydroxyl groups excluding tert-OH is 2. The number of aryl methyl sites for hydroxylation is 2. The summed E-state index contributed by atoms with van der Waals surface area (Å²) in [5.74, 6) is 0.473. The second kappa shape index (κ2) is 6.17. The normalized spacial score (nSPS) is 12.4. The largest absolute Gasteiger partial charge is 0.396 e. The zero-order chi connectivity index (χ0) is 12.9. The molecule has 0 unspecified atom stereocenters. The van der Waals surface area contributed by atoms with Gasteiger partial charge in [0.1, 0.15) is 0 Å². The van der Waals surface area contributed by atoms with E-state index in [0.717, 1.165) is 25.0 Å². The molecule has 1 heterocycles. The Morgan fingerprint density at radius 1 is 1.35 bits per heavy atom. The van der Waals surface area contributed by atoms with Crippen LogP contribution < -0.4 is 0 Å². The van der Waals surface area contributed by atoms with E-state index < -0.39 is 0 Å². The average molecular weight is 240 g/mol. The maximum atomic E-state index is 9.54. The highest BCUT2D eigenvalue weighted by molar-refractivity contribution is 5.01. The van der Waals surface area contributed by atoms with Crippen molar-refractivity contribution in [1.82, 2.24) is 9.78 Å². The Kier molecular flexibility index (Phi) is 5.15. The van der Waals surface area contributed by atoms with Crippen molar-refractivity contribution >= 4 is 0 Å². The Morgan fingerprint density at radius 2 is 2.00 bits per heavy atom.